The van der Waals surface area contributed by atoms with Crippen LogP contribution in [0.3, 0.4) is 0 Å². The predicted octanol–water partition coefficient (Wildman–Crippen LogP) is 3.19. The summed E-state index contributed by atoms with van der Waals surface area (Å²) >= 11 is 0. The van der Waals surface area contributed by atoms with Gasteiger partial charge >= 0.3 is 6.18 Å². The van der Waals surface area contributed by atoms with Gasteiger partial charge in [0.2, 0.25) is 0 Å². The fourth-order valence-electron chi connectivity index (χ4n) is 4.12. The lowest BCUT2D eigenvalue weighted by molar-refractivity contribution is -0.160. The monoisotopic (exact) mass is 398 g/mol. The largest absolute Gasteiger partial charge is 0.393 e. The van der Waals surface area contributed by atoms with Crippen LogP contribution < -0.4 is 10.8 Å². The molecule has 4 atom stereocenters. The standard InChI is InChI=1S/C20H25F3N2O3/c1-12-16-6-5-15(26)10-18(16)28-25-17(12)7-8-24-19(27)14-4-2-3-13(9-14)11-20(21,22)23/h2-4,9,12,16-18,25H,5-8,10-11H2,1H3,(H,24,27). The van der Waals surface area contributed by atoms with Crippen molar-refractivity contribution in [2.24, 2.45) is 11.8 Å². The molecule has 1 aliphatic heterocycles. The van der Waals surface area contributed by atoms with Crippen molar-refractivity contribution >= 4 is 11.7 Å². The Labute approximate surface area is 162 Å². The summed E-state index contributed by atoms with van der Waals surface area (Å²) in [6.07, 6.45) is -2.96. The lowest BCUT2D eigenvalue weighted by Crippen LogP contribution is -2.53. The molecule has 0 radical (unpaired) electrons. The Balaban J connectivity index is 1.49. The molecular weight excluding hydrogens is 373 g/mol. The second-order valence-electron chi connectivity index (χ2n) is 7.72. The number of rotatable bonds is 5. The number of nitrogens with one attached hydrogen (secondary N) is 2. The molecule has 0 spiro atoms. The first-order valence-electron chi connectivity index (χ1n) is 9.59. The van der Waals surface area contributed by atoms with Crippen LogP contribution in [0, 0.1) is 11.8 Å². The summed E-state index contributed by atoms with van der Waals surface area (Å²) in [6.45, 7) is 2.50. The zero-order valence-corrected chi connectivity index (χ0v) is 15.7. The van der Waals surface area contributed by atoms with Gasteiger partial charge in [0.1, 0.15) is 5.78 Å². The Morgan fingerprint density at radius 2 is 2.14 bits per heavy atom. The van der Waals surface area contributed by atoms with Crippen molar-refractivity contribution < 1.29 is 27.6 Å². The zero-order chi connectivity index (χ0) is 20.3. The number of Topliss-reactive ketones (excluding diaryl/α,β-unsaturated/α-hetero) is 1. The van der Waals surface area contributed by atoms with E-state index in [1.165, 1.54) is 24.3 Å². The highest BCUT2D eigenvalue weighted by molar-refractivity contribution is 5.94. The molecule has 2 fully saturated rings. The van der Waals surface area contributed by atoms with E-state index in [1.54, 1.807) is 0 Å². The molecule has 4 unspecified atom stereocenters. The van der Waals surface area contributed by atoms with Crippen LogP contribution in [0.25, 0.3) is 0 Å². The number of carbonyl (C=O) groups is 2. The number of halogens is 3. The van der Waals surface area contributed by atoms with E-state index in [-0.39, 0.29) is 29.1 Å². The minimum atomic E-state index is -4.31. The third kappa shape index (κ3) is 5.32. The maximum absolute atomic E-state index is 12.5. The molecule has 1 saturated heterocycles. The number of hydrogen-bond donors (Lipinski definition) is 2. The van der Waals surface area contributed by atoms with Gasteiger partial charge in [0.15, 0.2) is 0 Å². The highest BCUT2D eigenvalue weighted by Crippen LogP contribution is 2.36. The Morgan fingerprint density at radius 1 is 1.36 bits per heavy atom. The van der Waals surface area contributed by atoms with Gasteiger partial charge in [0.25, 0.3) is 5.91 Å². The van der Waals surface area contributed by atoms with Gasteiger partial charge < -0.3 is 5.32 Å². The van der Waals surface area contributed by atoms with Crippen molar-refractivity contribution in [3.8, 4) is 0 Å². The number of fused-ring (bicyclic) bond motifs is 1. The van der Waals surface area contributed by atoms with Crippen LogP contribution >= 0.6 is 0 Å². The van der Waals surface area contributed by atoms with E-state index in [9.17, 15) is 22.8 Å². The lowest BCUT2D eigenvalue weighted by Gasteiger charge is -2.43. The Hall–Kier alpha value is -1.93. The molecular formula is C20H25F3N2O3. The number of ketones is 1. The van der Waals surface area contributed by atoms with Gasteiger partial charge in [-0.05, 0) is 42.4 Å². The van der Waals surface area contributed by atoms with Gasteiger partial charge in [-0.3, -0.25) is 14.4 Å². The summed E-state index contributed by atoms with van der Waals surface area (Å²) in [7, 11) is 0. The molecule has 0 bridgehead atoms. The maximum atomic E-state index is 12.5. The molecule has 28 heavy (non-hydrogen) atoms. The van der Waals surface area contributed by atoms with Gasteiger partial charge in [0.05, 0.1) is 12.5 Å². The van der Waals surface area contributed by atoms with Crippen molar-refractivity contribution in [3.63, 3.8) is 0 Å². The summed E-state index contributed by atoms with van der Waals surface area (Å²) in [5.41, 5.74) is 3.29. The maximum Gasteiger partial charge on any atom is 0.393 e. The average molecular weight is 398 g/mol. The molecule has 8 heteroatoms. The van der Waals surface area contributed by atoms with Crippen molar-refractivity contribution in [1.29, 1.82) is 0 Å². The number of alkyl halides is 3. The molecule has 1 heterocycles. The van der Waals surface area contributed by atoms with Crippen LogP contribution in [0.15, 0.2) is 24.3 Å². The number of benzene rings is 1. The normalized spacial score (nSPS) is 27.9. The Morgan fingerprint density at radius 3 is 2.89 bits per heavy atom. The lowest BCUT2D eigenvalue weighted by atomic mass is 9.74. The smallest absolute Gasteiger partial charge is 0.352 e. The topological polar surface area (TPSA) is 67.4 Å². The summed E-state index contributed by atoms with van der Waals surface area (Å²) in [5, 5.41) is 2.77. The van der Waals surface area contributed by atoms with E-state index in [0.717, 1.165) is 6.42 Å². The first kappa shape index (κ1) is 20.8. The quantitative estimate of drug-likeness (QED) is 0.800. The predicted molar refractivity (Wildman–Crippen MR) is 96.5 cm³/mol. The molecule has 1 aromatic carbocycles. The van der Waals surface area contributed by atoms with Crippen LogP contribution in [0.4, 0.5) is 13.2 Å². The van der Waals surface area contributed by atoms with E-state index in [1.807, 2.05) is 0 Å². The second-order valence-corrected chi connectivity index (χ2v) is 7.72. The van der Waals surface area contributed by atoms with Crippen LogP contribution in [0.5, 0.6) is 0 Å². The molecule has 2 N–H and O–H groups in total. The molecule has 3 rings (SSSR count). The van der Waals surface area contributed by atoms with Gasteiger partial charge in [-0.1, -0.05) is 19.1 Å². The molecule has 1 aliphatic carbocycles. The first-order valence-corrected chi connectivity index (χ1v) is 9.59. The number of hydrogen-bond acceptors (Lipinski definition) is 4. The number of carbonyl (C=O) groups excluding carboxylic acids is 2. The third-order valence-corrected chi connectivity index (χ3v) is 5.68. The Kier molecular flexibility index (Phi) is 6.40. The SMILES string of the molecule is CC1C(CCNC(=O)c2cccc(CC(F)(F)F)c2)NOC2CC(=O)CCC21. The van der Waals surface area contributed by atoms with E-state index < -0.39 is 18.5 Å². The van der Waals surface area contributed by atoms with Gasteiger partial charge in [-0.2, -0.15) is 18.7 Å². The minimum absolute atomic E-state index is 0.0475. The van der Waals surface area contributed by atoms with E-state index in [0.29, 0.717) is 37.6 Å². The zero-order valence-electron chi connectivity index (χ0n) is 15.7. The highest BCUT2D eigenvalue weighted by atomic mass is 19.4. The summed E-state index contributed by atoms with van der Waals surface area (Å²) in [6, 6.07) is 5.64. The minimum Gasteiger partial charge on any atom is -0.352 e. The van der Waals surface area contributed by atoms with Crippen LogP contribution in [0.1, 0.15) is 48.5 Å². The second kappa shape index (κ2) is 8.61. The van der Waals surface area contributed by atoms with E-state index in [4.69, 9.17) is 4.84 Å². The van der Waals surface area contributed by atoms with Crippen LogP contribution in [-0.4, -0.2) is 36.6 Å². The van der Waals surface area contributed by atoms with Crippen molar-refractivity contribution in [3.05, 3.63) is 35.4 Å². The molecule has 1 saturated carbocycles. The van der Waals surface area contributed by atoms with Gasteiger partial charge in [-0.15, -0.1) is 0 Å². The Bertz CT molecular complexity index is 723. The third-order valence-electron chi connectivity index (χ3n) is 5.68. The van der Waals surface area contributed by atoms with Crippen LogP contribution in [0.2, 0.25) is 0 Å². The molecule has 1 amide bonds. The van der Waals surface area contributed by atoms with Crippen molar-refractivity contribution in [2.75, 3.05) is 6.54 Å². The molecule has 0 aromatic heterocycles. The number of hydroxylamine groups is 1. The van der Waals surface area contributed by atoms with Gasteiger partial charge in [-0.25, -0.2) is 0 Å². The fraction of sp³-hybridized carbons (Fsp3) is 0.600. The molecule has 5 nitrogen and oxygen atoms in total. The van der Waals surface area contributed by atoms with Crippen LogP contribution in [-0.2, 0) is 16.1 Å². The van der Waals surface area contributed by atoms with Crippen molar-refractivity contribution in [1.82, 2.24) is 10.8 Å². The summed E-state index contributed by atoms with van der Waals surface area (Å²) in [4.78, 5) is 29.5. The average Bonchev–Trinajstić information content (AvgIpc) is 2.62. The molecule has 1 aromatic rings. The molecule has 2 aliphatic rings. The highest BCUT2D eigenvalue weighted by Gasteiger charge is 2.41. The first-order chi connectivity index (χ1) is 13.2. The summed E-state index contributed by atoms with van der Waals surface area (Å²) < 4.78 is 37.6. The van der Waals surface area contributed by atoms with E-state index in [2.05, 4.69) is 17.7 Å². The van der Waals surface area contributed by atoms with Crippen molar-refractivity contribution in [2.45, 2.75) is 57.3 Å². The summed E-state index contributed by atoms with van der Waals surface area (Å²) in [5.74, 6) is 0.459. The molecule has 154 valence electrons. The van der Waals surface area contributed by atoms with Gasteiger partial charge in [0, 0.05) is 31.0 Å². The fourth-order valence-corrected chi connectivity index (χ4v) is 4.12. The number of amides is 1. The van der Waals surface area contributed by atoms with E-state index >= 15 is 0 Å².